The summed E-state index contributed by atoms with van der Waals surface area (Å²) in [4.78, 5) is 22.2. The summed E-state index contributed by atoms with van der Waals surface area (Å²) in [6, 6.07) is 13.3. The second-order valence-electron chi connectivity index (χ2n) is 6.37. The van der Waals surface area contributed by atoms with Crippen molar-refractivity contribution in [2.45, 2.75) is 0 Å². The van der Waals surface area contributed by atoms with E-state index >= 15 is 0 Å². The first-order valence-corrected chi connectivity index (χ1v) is 9.10. The van der Waals surface area contributed by atoms with Gasteiger partial charge in [-0.3, -0.25) is 14.6 Å². The number of alkyl halides is 1. The predicted octanol–water partition coefficient (Wildman–Crippen LogP) is 2.21. The van der Waals surface area contributed by atoms with Crippen LogP contribution in [0.5, 0.6) is 5.75 Å². The summed E-state index contributed by atoms with van der Waals surface area (Å²) < 4.78 is 18.4. The molecule has 3 rings (SSSR count). The van der Waals surface area contributed by atoms with Crippen molar-refractivity contribution in [2.75, 3.05) is 62.9 Å². The largest absolute Gasteiger partial charge is 0.495 e. The van der Waals surface area contributed by atoms with E-state index in [0.29, 0.717) is 18.9 Å². The van der Waals surface area contributed by atoms with Crippen LogP contribution in [-0.2, 0) is 4.79 Å². The molecule has 1 amide bonds. The number of hydrogen-bond donors (Lipinski definition) is 0. The molecule has 0 radical (unpaired) electrons. The highest BCUT2D eigenvalue weighted by atomic mass is 19.1. The summed E-state index contributed by atoms with van der Waals surface area (Å²) >= 11 is 0. The van der Waals surface area contributed by atoms with E-state index in [1.165, 1.54) is 4.90 Å². The molecule has 144 valence electrons. The molecule has 0 N–H and O–H groups in total. The van der Waals surface area contributed by atoms with Crippen LogP contribution in [0.15, 0.2) is 48.7 Å². The van der Waals surface area contributed by atoms with Crippen LogP contribution in [0.4, 0.5) is 15.9 Å². The minimum absolute atomic E-state index is 0.425. The Labute approximate surface area is 159 Å². The van der Waals surface area contributed by atoms with E-state index < -0.39 is 12.6 Å². The Bertz CT molecular complexity index is 736. The van der Waals surface area contributed by atoms with Gasteiger partial charge in [-0.25, -0.2) is 9.37 Å². The third-order valence-corrected chi connectivity index (χ3v) is 4.78. The van der Waals surface area contributed by atoms with E-state index in [1.807, 2.05) is 18.2 Å². The summed E-state index contributed by atoms with van der Waals surface area (Å²) in [6.45, 7) is 3.59. The molecule has 0 spiro atoms. The summed E-state index contributed by atoms with van der Waals surface area (Å²) in [5, 5.41) is 0. The van der Waals surface area contributed by atoms with E-state index in [4.69, 9.17) is 4.74 Å². The van der Waals surface area contributed by atoms with Crippen molar-refractivity contribution in [1.82, 2.24) is 9.88 Å². The van der Waals surface area contributed by atoms with Gasteiger partial charge in [-0.1, -0.05) is 18.2 Å². The standard InChI is InChI=1S/C20H25FN4O2/c1-27-18-7-3-2-6-17(18)24-13-10-23(11-14-24)12-15-25(20(26)16-21)19-8-4-5-9-22-19/h2-9H,10-16H2,1H3. The first-order chi connectivity index (χ1) is 13.2. The van der Waals surface area contributed by atoms with Crippen LogP contribution in [0.3, 0.4) is 0 Å². The van der Waals surface area contributed by atoms with E-state index in [2.05, 4.69) is 20.9 Å². The molecule has 27 heavy (non-hydrogen) atoms. The number of aromatic nitrogens is 1. The molecule has 0 aliphatic carbocycles. The lowest BCUT2D eigenvalue weighted by Crippen LogP contribution is -2.49. The minimum atomic E-state index is -1.02. The first-order valence-electron chi connectivity index (χ1n) is 9.10. The zero-order valence-electron chi connectivity index (χ0n) is 15.6. The molecule has 0 unspecified atom stereocenters. The van der Waals surface area contributed by atoms with Crippen molar-refractivity contribution < 1.29 is 13.9 Å². The van der Waals surface area contributed by atoms with Crippen LogP contribution in [0.25, 0.3) is 0 Å². The van der Waals surface area contributed by atoms with Gasteiger partial charge in [-0.05, 0) is 24.3 Å². The fraction of sp³-hybridized carbons (Fsp3) is 0.400. The molecule has 0 bridgehead atoms. The number of methoxy groups -OCH3 is 1. The highest BCUT2D eigenvalue weighted by Gasteiger charge is 2.22. The lowest BCUT2D eigenvalue weighted by atomic mass is 10.2. The van der Waals surface area contributed by atoms with Crippen LogP contribution in [0, 0.1) is 0 Å². The van der Waals surface area contributed by atoms with Gasteiger partial charge in [0.05, 0.1) is 12.8 Å². The van der Waals surface area contributed by atoms with Crippen LogP contribution < -0.4 is 14.5 Å². The number of piperazine rings is 1. The molecule has 7 heteroatoms. The maximum Gasteiger partial charge on any atom is 0.259 e. The van der Waals surface area contributed by atoms with E-state index in [0.717, 1.165) is 37.6 Å². The van der Waals surface area contributed by atoms with Gasteiger partial charge < -0.3 is 9.64 Å². The van der Waals surface area contributed by atoms with Crippen LogP contribution in [0.2, 0.25) is 0 Å². The van der Waals surface area contributed by atoms with Gasteiger partial charge in [-0.15, -0.1) is 0 Å². The van der Waals surface area contributed by atoms with Crippen molar-refractivity contribution in [3.05, 3.63) is 48.7 Å². The number of hydrogen-bond acceptors (Lipinski definition) is 5. The fourth-order valence-electron chi connectivity index (χ4n) is 3.30. The molecule has 1 fully saturated rings. The molecule has 2 heterocycles. The number of carbonyl (C=O) groups excluding carboxylic acids is 1. The van der Waals surface area contributed by atoms with Gasteiger partial charge in [0.15, 0.2) is 6.67 Å². The number of ether oxygens (including phenoxy) is 1. The second kappa shape index (κ2) is 9.32. The Morgan fingerprint density at radius 3 is 2.56 bits per heavy atom. The Kier molecular flexibility index (Phi) is 6.59. The number of anilines is 2. The van der Waals surface area contributed by atoms with E-state index in [9.17, 15) is 9.18 Å². The molecule has 1 aliphatic rings. The van der Waals surface area contributed by atoms with E-state index in [-0.39, 0.29) is 0 Å². The first kappa shape index (κ1) is 19.1. The molecular weight excluding hydrogens is 347 g/mol. The Balaban J connectivity index is 1.56. The molecule has 0 saturated carbocycles. The number of carbonyl (C=O) groups is 1. The van der Waals surface area contributed by atoms with Crippen molar-refractivity contribution >= 4 is 17.4 Å². The van der Waals surface area contributed by atoms with Crippen molar-refractivity contribution in [3.63, 3.8) is 0 Å². The summed E-state index contributed by atoms with van der Waals surface area (Å²) in [7, 11) is 1.68. The molecule has 1 saturated heterocycles. The van der Waals surface area contributed by atoms with Crippen LogP contribution in [-0.4, -0.2) is 68.8 Å². The third kappa shape index (κ3) is 4.74. The number of para-hydroxylation sites is 2. The van der Waals surface area contributed by atoms with Crippen LogP contribution >= 0.6 is 0 Å². The van der Waals surface area contributed by atoms with Crippen molar-refractivity contribution in [3.8, 4) is 5.75 Å². The number of halogens is 1. The summed E-state index contributed by atoms with van der Waals surface area (Å²) in [5.41, 5.74) is 1.10. The van der Waals surface area contributed by atoms with Crippen molar-refractivity contribution in [1.29, 1.82) is 0 Å². The molecule has 1 aromatic carbocycles. The number of rotatable bonds is 7. The molecule has 6 nitrogen and oxygen atoms in total. The average Bonchev–Trinajstić information content (AvgIpc) is 2.75. The average molecular weight is 372 g/mol. The number of benzene rings is 1. The monoisotopic (exact) mass is 372 g/mol. The highest BCUT2D eigenvalue weighted by molar-refractivity contribution is 5.93. The number of nitrogens with zero attached hydrogens (tertiary/aromatic N) is 4. The summed E-state index contributed by atoms with van der Waals surface area (Å²) in [5.74, 6) is 0.815. The number of amides is 1. The van der Waals surface area contributed by atoms with E-state index in [1.54, 1.807) is 31.5 Å². The topological polar surface area (TPSA) is 48.9 Å². The van der Waals surface area contributed by atoms with Gasteiger partial charge in [0.1, 0.15) is 11.6 Å². The SMILES string of the molecule is COc1ccccc1N1CCN(CCN(C(=O)CF)c2ccccn2)CC1. The number of pyridine rings is 1. The van der Waals surface area contributed by atoms with Gasteiger partial charge in [-0.2, -0.15) is 0 Å². The second-order valence-corrected chi connectivity index (χ2v) is 6.37. The van der Waals surface area contributed by atoms with Crippen molar-refractivity contribution in [2.24, 2.45) is 0 Å². The molecule has 1 aromatic heterocycles. The fourth-order valence-corrected chi connectivity index (χ4v) is 3.30. The normalized spacial score (nSPS) is 14.8. The molecule has 0 atom stereocenters. The van der Waals surface area contributed by atoms with Gasteiger partial charge >= 0.3 is 0 Å². The predicted molar refractivity (Wildman–Crippen MR) is 104 cm³/mol. The molecular formula is C20H25FN4O2. The highest BCUT2D eigenvalue weighted by Crippen LogP contribution is 2.28. The third-order valence-electron chi connectivity index (χ3n) is 4.78. The Hall–Kier alpha value is -2.67. The lowest BCUT2D eigenvalue weighted by molar-refractivity contribution is -0.119. The minimum Gasteiger partial charge on any atom is -0.495 e. The van der Waals surface area contributed by atoms with Gasteiger partial charge in [0, 0.05) is 45.5 Å². The molecule has 1 aliphatic heterocycles. The zero-order valence-corrected chi connectivity index (χ0v) is 15.6. The quantitative estimate of drug-likeness (QED) is 0.746. The van der Waals surface area contributed by atoms with Gasteiger partial charge in [0.25, 0.3) is 5.91 Å². The maximum absolute atomic E-state index is 12.9. The Morgan fingerprint density at radius 1 is 1.15 bits per heavy atom. The molecule has 2 aromatic rings. The van der Waals surface area contributed by atoms with Gasteiger partial charge in [0.2, 0.25) is 0 Å². The van der Waals surface area contributed by atoms with Crippen LogP contribution in [0.1, 0.15) is 0 Å². The maximum atomic E-state index is 12.9. The lowest BCUT2D eigenvalue weighted by Gasteiger charge is -2.37. The smallest absolute Gasteiger partial charge is 0.259 e. The summed E-state index contributed by atoms with van der Waals surface area (Å²) in [6.07, 6.45) is 1.61. The Morgan fingerprint density at radius 2 is 1.89 bits per heavy atom. The zero-order chi connectivity index (χ0) is 19.1.